The van der Waals surface area contributed by atoms with Gasteiger partial charge in [-0.15, -0.1) is 0 Å². The van der Waals surface area contributed by atoms with E-state index in [-0.39, 0.29) is 20.9 Å². The Morgan fingerprint density at radius 2 is 1.40 bits per heavy atom. The zero-order valence-electron chi connectivity index (χ0n) is 10.7. The topological polar surface area (TPSA) is 4.93 Å². The fourth-order valence-electron chi connectivity index (χ4n) is 3.17. The molecule has 1 nitrogen and oxygen atoms in total. The fourth-order valence-corrected chi connectivity index (χ4v) is 6.28. The Balaban J connectivity index is 2.12. The molecule has 5 rings (SSSR count). The first-order valence-corrected chi connectivity index (χ1v) is 9.06. The van der Waals surface area contributed by atoms with Gasteiger partial charge in [0, 0.05) is 0 Å². The van der Waals surface area contributed by atoms with Crippen molar-refractivity contribution >= 4 is 50.0 Å². The van der Waals surface area contributed by atoms with Crippen LogP contribution in [0.25, 0.3) is 27.5 Å². The predicted octanol–water partition coefficient (Wildman–Crippen LogP) is 2.75. The van der Waals surface area contributed by atoms with Crippen LogP contribution < -0.4 is 7.22 Å². The van der Waals surface area contributed by atoms with Crippen molar-refractivity contribution in [1.29, 1.82) is 0 Å². The zero-order chi connectivity index (χ0) is 13.1. The number of fused-ring (bicyclic) bond motifs is 5. The molecule has 0 unspecified atom stereocenters. The summed E-state index contributed by atoms with van der Waals surface area (Å²) in [7, 11) is 0. The van der Waals surface area contributed by atoms with Crippen molar-refractivity contribution in [2.75, 3.05) is 0 Å². The van der Waals surface area contributed by atoms with Crippen LogP contribution in [0.5, 0.6) is 0 Å². The Morgan fingerprint density at radius 1 is 0.650 bits per heavy atom. The number of para-hydroxylation sites is 3. The fraction of sp³-hybridized carbons (Fsp3) is 0. The molecule has 0 bridgehead atoms. The normalized spacial score (nSPS) is 12.8. The van der Waals surface area contributed by atoms with Crippen LogP contribution in [0.4, 0.5) is 0 Å². The monoisotopic (exact) mass is 371 g/mol. The molecule has 0 spiro atoms. The van der Waals surface area contributed by atoms with Crippen molar-refractivity contribution in [2.24, 2.45) is 0 Å². The Bertz CT molecular complexity index is 981. The van der Waals surface area contributed by atoms with E-state index < -0.39 is 0 Å². The number of aromatic nitrogens is 1. The van der Waals surface area contributed by atoms with Gasteiger partial charge in [-0.2, -0.15) is 0 Å². The van der Waals surface area contributed by atoms with Crippen LogP contribution in [-0.2, 0) is 0 Å². The van der Waals surface area contributed by atoms with Gasteiger partial charge in [0.15, 0.2) is 0 Å². The van der Waals surface area contributed by atoms with Gasteiger partial charge in [0.25, 0.3) is 0 Å². The molecule has 1 aliphatic rings. The first-order chi connectivity index (χ1) is 9.93. The van der Waals surface area contributed by atoms with E-state index in [1.165, 1.54) is 27.5 Å². The minimum absolute atomic E-state index is 0.275. The molecule has 0 N–H and O–H groups in total. The van der Waals surface area contributed by atoms with E-state index in [0.717, 1.165) is 0 Å². The summed E-state index contributed by atoms with van der Waals surface area (Å²) >= 11 is -0.275. The van der Waals surface area contributed by atoms with Crippen LogP contribution in [0.2, 0.25) is 0 Å². The standard InChI is InChI=1S/C18H11NTe/c1-2-8-14-12(6-1)13-7-5-11-17-18(13)19(14)15-9-3-4-10-16(15)20-17/h1-11H. The van der Waals surface area contributed by atoms with Crippen LogP contribution >= 0.6 is 0 Å². The first-order valence-electron chi connectivity index (χ1n) is 6.73. The molecule has 0 saturated heterocycles. The van der Waals surface area contributed by atoms with Crippen LogP contribution in [0.15, 0.2) is 66.7 Å². The third kappa shape index (κ3) is 1.28. The molecule has 20 heavy (non-hydrogen) atoms. The molecular formula is C18H11NTe. The summed E-state index contributed by atoms with van der Waals surface area (Å²) < 4.78 is 5.56. The van der Waals surface area contributed by atoms with E-state index in [1.54, 1.807) is 7.22 Å². The molecule has 1 aromatic heterocycles. The van der Waals surface area contributed by atoms with Crippen LogP contribution in [0, 0.1) is 0 Å². The SMILES string of the molecule is c1ccc2c(c1)[Te]c1cccc3c4ccccc4n-2c13. The van der Waals surface area contributed by atoms with Crippen LogP contribution in [0.3, 0.4) is 0 Å². The quantitative estimate of drug-likeness (QED) is 0.370. The number of nitrogens with zero attached hydrogens (tertiary/aromatic N) is 1. The van der Waals surface area contributed by atoms with Crippen molar-refractivity contribution in [3.8, 4) is 5.69 Å². The summed E-state index contributed by atoms with van der Waals surface area (Å²) in [6.07, 6.45) is 0. The second-order valence-corrected chi connectivity index (χ2v) is 8.17. The summed E-state index contributed by atoms with van der Waals surface area (Å²) in [4.78, 5) is 0. The number of hydrogen-bond donors (Lipinski definition) is 0. The molecule has 0 aliphatic carbocycles. The molecule has 94 valence electrons. The summed E-state index contributed by atoms with van der Waals surface area (Å²) in [5, 5.41) is 2.77. The first kappa shape index (κ1) is 11.0. The van der Waals surface area contributed by atoms with Gasteiger partial charge in [0.05, 0.1) is 0 Å². The molecule has 2 heteroatoms. The zero-order valence-corrected chi connectivity index (χ0v) is 13.0. The van der Waals surface area contributed by atoms with Crippen molar-refractivity contribution in [3.63, 3.8) is 0 Å². The molecule has 2 heterocycles. The molecule has 0 fully saturated rings. The number of hydrogen-bond acceptors (Lipinski definition) is 0. The van der Waals surface area contributed by atoms with E-state index in [1.807, 2.05) is 0 Å². The van der Waals surface area contributed by atoms with Crippen molar-refractivity contribution < 1.29 is 0 Å². The molecule has 0 atom stereocenters. The molecule has 4 aromatic rings. The average Bonchev–Trinajstić information content (AvgIpc) is 2.85. The molecule has 0 amide bonds. The number of benzene rings is 3. The van der Waals surface area contributed by atoms with E-state index in [2.05, 4.69) is 71.3 Å². The van der Waals surface area contributed by atoms with Crippen molar-refractivity contribution in [2.45, 2.75) is 0 Å². The molecule has 0 saturated carbocycles. The van der Waals surface area contributed by atoms with Gasteiger partial charge in [-0.25, -0.2) is 0 Å². The van der Waals surface area contributed by atoms with Gasteiger partial charge >= 0.3 is 127 Å². The molecule has 0 radical (unpaired) electrons. The van der Waals surface area contributed by atoms with E-state index in [0.29, 0.717) is 0 Å². The maximum atomic E-state index is 2.46. The molecule has 1 aliphatic heterocycles. The summed E-state index contributed by atoms with van der Waals surface area (Å²) in [6, 6.07) is 24.4. The van der Waals surface area contributed by atoms with E-state index in [4.69, 9.17) is 0 Å². The van der Waals surface area contributed by atoms with Gasteiger partial charge in [0.1, 0.15) is 0 Å². The average molecular weight is 369 g/mol. The Labute approximate surface area is 126 Å². The summed E-state index contributed by atoms with van der Waals surface area (Å²) in [5.41, 5.74) is 4.16. The third-order valence-corrected chi connectivity index (χ3v) is 7.16. The Kier molecular flexibility index (Phi) is 2.13. The van der Waals surface area contributed by atoms with Gasteiger partial charge in [0.2, 0.25) is 0 Å². The predicted molar refractivity (Wildman–Crippen MR) is 85.8 cm³/mol. The van der Waals surface area contributed by atoms with Crippen LogP contribution in [0.1, 0.15) is 0 Å². The Morgan fingerprint density at radius 3 is 2.40 bits per heavy atom. The van der Waals surface area contributed by atoms with Gasteiger partial charge in [-0.05, 0) is 0 Å². The van der Waals surface area contributed by atoms with Gasteiger partial charge < -0.3 is 0 Å². The third-order valence-electron chi connectivity index (χ3n) is 3.98. The second kappa shape index (κ2) is 3.88. The Hall–Kier alpha value is -1.75. The van der Waals surface area contributed by atoms with Crippen molar-refractivity contribution in [3.05, 3.63) is 66.7 Å². The van der Waals surface area contributed by atoms with Gasteiger partial charge in [-0.3, -0.25) is 0 Å². The van der Waals surface area contributed by atoms with Crippen LogP contribution in [-0.4, -0.2) is 25.5 Å². The van der Waals surface area contributed by atoms with Crippen molar-refractivity contribution in [1.82, 2.24) is 4.57 Å². The molecular weight excluding hydrogens is 358 g/mol. The summed E-state index contributed by atoms with van der Waals surface area (Å²) in [6.45, 7) is 0. The number of rotatable bonds is 0. The minimum atomic E-state index is -0.275. The van der Waals surface area contributed by atoms with E-state index >= 15 is 0 Å². The maximum absolute atomic E-state index is 2.46. The van der Waals surface area contributed by atoms with Gasteiger partial charge in [-0.1, -0.05) is 0 Å². The summed E-state index contributed by atoms with van der Waals surface area (Å²) in [5.74, 6) is 0. The second-order valence-electron chi connectivity index (χ2n) is 5.07. The molecule has 3 aromatic carbocycles. The van der Waals surface area contributed by atoms with E-state index in [9.17, 15) is 0 Å².